The van der Waals surface area contributed by atoms with Gasteiger partial charge in [0, 0.05) is 13.1 Å². The molecule has 0 spiro atoms. The third-order valence-electron chi connectivity index (χ3n) is 2.55. The number of hydrogen-bond donors (Lipinski definition) is 3. The van der Waals surface area contributed by atoms with Crippen molar-refractivity contribution in [1.82, 2.24) is 10.2 Å². The van der Waals surface area contributed by atoms with Crippen LogP contribution in [0.5, 0.6) is 0 Å². The Balaban J connectivity index is 2.53. The number of piperidine rings is 1. The first-order valence-electron chi connectivity index (χ1n) is 5.84. The number of rotatable bonds is 1. The second-order valence-corrected chi connectivity index (χ2v) is 5.34. The van der Waals surface area contributed by atoms with Crippen molar-refractivity contribution in [3.8, 4) is 0 Å². The van der Waals surface area contributed by atoms with E-state index in [0.29, 0.717) is 6.42 Å². The molecule has 3 N–H and O–H groups in total. The number of alkyl carbamates (subject to hydrolysis) is 1. The van der Waals surface area contributed by atoms with Gasteiger partial charge < -0.3 is 25.2 Å². The van der Waals surface area contributed by atoms with E-state index in [9.17, 15) is 14.7 Å². The largest absolute Gasteiger partial charge is 0.465 e. The summed E-state index contributed by atoms with van der Waals surface area (Å²) in [5.74, 6) is 0. The molecule has 104 valence electrons. The van der Waals surface area contributed by atoms with Gasteiger partial charge in [0.25, 0.3) is 0 Å². The van der Waals surface area contributed by atoms with Crippen LogP contribution in [0.15, 0.2) is 0 Å². The minimum absolute atomic E-state index is 0.0652. The molecule has 2 atom stereocenters. The number of carbonyl (C=O) groups is 2. The Labute approximate surface area is 106 Å². The van der Waals surface area contributed by atoms with Gasteiger partial charge in [0.05, 0.1) is 12.1 Å². The number of carboxylic acid groups (broad SMARTS) is 1. The molecule has 1 fully saturated rings. The van der Waals surface area contributed by atoms with Crippen LogP contribution in [0.3, 0.4) is 0 Å². The molecule has 7 heteroatoms. The summed E-state index contributed by atoms with van der Waals surface area (Å²) in [5.41, 5.74) is -0.629. The molecule has 0 radical (unpaired) electrons. The average molecular weight is 260 g/mol. The first-order valence-corrected chi connectivity index (χ1v) is 5.84. The number of carbonyl (C=O) groups excluding carboxylic acids is 1. The van der Waals surface area contributed by atoms with Crippen LogP contribution in [0.2, 0.25) is 0 Å². The Hall–Kier alpha value is -1.50. The lowest BCUT2D eigenvalue weighted by atomic mass is 10.0. The highest BCUT2D eigenvalue weighted by Crippen LogP contribution is 2.13. The van der Waals surface area contributed by atoms with Crippen LogP contribution in [-0.4, -0.2) is 58.1 Å². The van der Waals surface area contributed by atoms with Gasteiger partial charge in [-0.2, -0.15) is 0 Å². The number of nitrogens with one attached hydrogen (secondary N) is 1. The fourth-order valence-corrected chi connectivity index (χ4v) is 1.71. The van der Waals surface area contributed by atoms with E-state index in [1.807, 2.05) is 0 Å². The van der Waals surface area contributed by atoms with Crippen LogP contribution in [0.1, 0.15) is 27.2 Å². The second-order valence-electron chi connectivity index (χ2n) is 5.34. The van der Waals surface area contributed by atoms with Crippen LogP contribution in [-0.2, 0) is 4.74 Å². The highest BCUT2D eigenvalue weighted by atomic mass is 16.6. The predicted octanol–water partition coefficient (Wildman–Crippen LogP) is 0.624. The number of amides is 2. The lowest BCUT2D eigenvalue weighted by molar-refractivity contribution is 0.0236. The fraction of sp³-hybridized carbons (Fsp3) is 0.818. The van der Waals surface area contributed by atoms with E-state index in [1.54, 1.807) is 20.8 Å². The molecule has 0 aromatic rings. The number of nitrogens with zero attached hydrogens (tertiary/aromatic N) is 1. The highest BCUT2D eigenvalue weighted by molar-refractivity contribution is 5.69. The van der Waals surface area contributed by atoms with Gasteiger partial charge in [-0.25, -0.2) is 9.59 Å². The van der Waals surface area contributed by atoms with Gasteiger partial charge in [-0.3, -0.25) is 0 Å². The summed E-state index contributed by atoms with van der Waals surface area (Å²) in [4.78, 5) is 23.5. The van der Waals surface area contributed by atoms with E-state index >= 15 is 0 Å². The van der Waals surface area contributed by atoms with E-state index in [-0.39, 0.29) is 13.1 Å². The number of aliphatic hydroxyl groups excluding tert-OH is 1. The Morgan fingerprint density at radius 2 is 2.00 bits per heavy atom. The number of aliphatic hydroxyl groups is 1. The van der Waals surface area contributed by atoms with Crippen molar-refractivity contribution in [2.75, 3.05) is 13.1 Å². The summed E-state index contributed by atoms with van der Waals surface area (Å²) in [6, 6.07) is -0.635. The van der Waals surface area contributed by atoms with Crippen LogP contribution in [0.25, 0.3) is 0 Å². The Morgan fingerprint density at radius 1 is 1.39 bits per heavy atom. The minimum Gasteiger partial charge on any atom is -0.465 e. The van der Waals surface area contributed by atoms with Crippen LogP contribution >= 0.6 is 0 Å². The Bertz CT molecular complexity index is 326. The average Bonchev–Trinajstić information content (AvgIpc) is 2.18. The zero-order valence-corrected chi connectivity index (χ0v) is 10.8. The lowest BCUT2D eigenvalue weighted by Crippen LogP contribution is -2.56. The van der Waals surface area contributed by atoms with E-state index in [1.165, 1.54) is 0 Å². The van der Waals surface area contributed by atoms with E-state index in [2.05, 4.69) is 5.32 Å². The first kappa shape index (κ1) is 14.6. The first-order chi connectivity index (χ1) is 8.19. The lowest BCUT2D eigenvalue weighted by Gasteiger charge is -2.35. The van der Waals surface area contributed by atoms with E-state index in [0.717, 1.165) is 4.90 Å². The third-order valence-corrected chi connectivity index (χ3v) is 2.55. The zero-order chi connectivity index (χ0) is 13.9. The zero-order valence-electron chi connectivity index (χ0n) is 10.8. The maximum absolute atomic E-state index is 11.5. The van der Waals surface area contributed by atoms with Crippen molar-refractivity contribution < 1.29 is 24.5 Å². The van der Waals surface area contributed by atoms with Crippen molar-refractivity contribution in [3.05, 3.63) is 0 Å². The number of likely N-dealkylation sites (tertiary alicyclic amines) is 1. The summed E-state index contributed by atoms with van der Waals surface area (Å²) in [6.07, 6.45) is -2.17. The van der Waals surface area contributed by atoms with Crippen molar-refractivity contribution in [3.63, 3.8) is 0 Å². The predicted molar refractivity (Wildman–Crippen MR) is 63.4 cm³/mol. The van der Waals surface area contributed by atoms with Crippen LogP contribution in [0.4, 0.5) is 9.59 Å². The number of ether oxygens (including phenoxy) is 1. The minimum atomic E-state index is -1.06. The Morgan fingerprint density at radius 3 is 2.50 bits per heavy atom. The van der Waals surface area contributed by atoms with Crippen molar-refractivity contribution in [1.29, 1.82) is 0 Å². The molecular weight excluding hydrogens is 240 g/mol. The summed E-state index contributed by atoms with van der Waals surface area (Å²) in [7, 11) is 0. The molecule has 0 saturated carbocycles. The van der Waals surface area contributed by atoms with Crippen LogP contribution in [0, 0.1) is 0 Å². The number of hydrogen-bond acceptors (Lipinski definition) is 4. The SMILES string of the molecule is CC(C)(C)OC(=O)N[C@H]1CN(C(=O)O)CC[C@@H]1O. The molecule has 1 aliphatic heterocycles. The molecule has 0 aromatic heterocycles. The molecule has 7 nitrogen and oxygen atoms in total. The smallest absolute Gasteiger partial charge is 0.408 e. The normalized spacial score (nSPS) is 24.6. The quantitative estimate of drug-likeness (QED) is 0.642. The van der Waals surface area contributed by atoms with Crippen LogP contribution < -0.4 is 5.32 Å². The van der Waals surface area contributed by atoms with Gasteiger partial charge >= 0.3 is 12.2 Å². The Kier molecular flexibility index (Phi) is 4.39. The van der Waals surface area contributed by atoms with Gasteiger partial charge in [0.1, 0.15) is 5.60 Å². The summed E-state index contributed by atoms with van der Waals surface area (Å²) in [6.45, 7) is 5.52. The summed E-state index contributed by atoms with van der Waals surface area (Å²) >= 11 is 0. The highest BCUT2D eigenvalue weighted by Gasteiger charge is 2.32. The van der Waals surface area contributed by atoms with E-state index < -0.39 is 29.9 Å². The molecule has 18 heavy (non-hydrogen) atoms. The summed E-state index contributed by atoms with van der Waals surface area (Å²) < 4.78 is 5.06. The van der Waals surface area contributed by atoms with E-state index in [4.69, 9.17) is 9.84 Å². The molecule has 1 heterocycles. The molecule has 0 aliphatic carbocycles. The molecule has 1 aliphatic rings. The topological polar surface area (TPSA) is 99.1 Å². The molecule has 0 unspecified atom stereocenters. The monoisotopic (exact) mass is 260 g/mol. The van der Waals surface area contributed by atoms with Crippen molar-refractivity contribution in [2.24, 2.45) is 0 Å². The standard InChI is InChI=1S/C11H20N2O5/c1-11(2,3)18-9(15)12-7-6-13(10(16)17)5-4-8(7)14/h7-8,14H,4-6H2,1-3H3,(H,12,15)(H,16,17)/t7-,8-/m0/s1. The van der Waals surface area contributed by atoms with Crippen molar-refractivity contribution >= 4 is 12.2 Å². The molecule has 0 bridgehead atoms. The maximum atomic E-state index is 11.5. The van der Waals surface area contributed by atoms with Gasteiger partial charge in [0.15, 0.2) is 0 Å². The van der Waals surface area contributed by atoms with Gasteiger partial charge in [-0.05, 0) is 27.2 Å². The van der Waals surface area contributed by atoms with Gasteiger partial charge in [0.2, 0.25) is 0 Å². The molecule has 1 saturated heterocycles. The molecular formula is C11H20N2O5. The van der Waals surface area contributed by atoms with Gasteiger partial charge in [-0.1, -0.05) is 0 Å². The maximum Gasteiger partial charge on any atom is 0.408 e. The van der Waals surface area contributed by atoms with Gasteiger partial charge in [-0.15, -0.1) is 0 Å². The van der Waals surface area contributed by atoms with Crippen molar-refractivity contribution in [2.45, 2.75) is 44.9 Å². The molecule has 1 rings (SSSR count). The molecule has 0 aromatic carbocycles. The summed E-state index contributed by atoms with van der Waals surface area (Å²) in [5, 5.41) is 21.1. The second kappa shape index (κ2) is 5.43. The molecule has 2 amide bonds. The fourth-order valence-electron chi connectivity index (χ4n) is 1.71. The third kappa shape index (κ3) is 4.40.